The number of aliphatic hydroxyl groups excluding tert-OH is 1. The van der Waals surface area contributed by atoms with Gasteiger partial charge in [0.2, 0.25) is 0 Å². The van der Waals surface area contributed by atoms with E-state index in [1.54, 1.807) is 0 Å². The zero-order valence-electron chi connectivity index (χ0n) is 54.4. The van der Waals surface area contributed by atoms with Crippen LogP contribution in [0.5, 0.6) is 0 Å². The first kappa shape index (κ1) is 79.3. The molecule has 1 N–H and O–H groups in total. The van der Waals surface area contributed by atoms with Crippen molar-refractivity contribution >= 4 is 11.9 Å². The van der Waals surface area contributed by atoms with Crippen molar-refractivity contribution in [2.24, 2.45) is 0 Å². The highest BCUT2D eigenvalue weighted by molar-refractivity contribution is 5.70. The molecule has 0 aliphatic carbocycles. The fraction of sp³-hybridized carbons (Fsp3) is 0.620. The Hall–Kier alpha value is -4.74. The van der Waals surface area contributed by atoms with Crippen LogP contribution >= 0.6 is 0 Å². The number of aliphatic hydroxyl groups is 1. The number of esters is 2. The lowest BCUT2D eigenvalue weighted by atomic mass is 10.0. The SMILES string of the molecule is CC/C=C\C/C=C\C/C=C\C/C=C\C/C=C\C/C=C\C/C=C\C/C=C\CCCCCCCCCCCCC(=O)OC(CO)COC(=O)CCCCCCCCCCCCCCCCCC/C=C\C/C=C\C/C=C\C/C=C\C/C=C\C/C=C\CC. The van der Waals surface area contributed by atoms with E-state index in [0.717, 1.165) is 128 Å². The Bertz CT molecular complexity index is 1840. The highest BCUT2D eigenvalue weighted by atomic mass is 16.6. The average molecular weight is 1160 g/mol. The molecule has 0 heterocycles. The van der Waals surface area contributed by atoms with Crippen LogP contribution in [-0.4, -0.2) is 36.4 Å². The fourth-order valence-corrected chi connectivity index (χ4v) is 9.40. The smallest absolute Gasteiger partial charge is 0.306 e. The van der Waals surface area contributed by atoms with Gasteiger partial charge in [-0.3, -0.25) is 9.59 Å². The van der Waals surface area contributed by atoms with Gasteiger partial charge in [0.25, 0.3) is 0 Å². The Morgan fingerprint density at radius 3 is 0.714 bits per heavy atom. The minimum absolute atomic E-state index is 0.0749. The molecule has 5 nitrogen and oxygen atoms in total. The Balaban J connectivity index is 3.53. The van der Waals surface area contributed by atoms with Crippen molar-refractivity contribution in [3.05, 3.63) is 170 Å². The lowest BCUT2D eigenvalue weighted by Crippen LogP contribution is -2.28. The second kappa shape index (κ2) is 72.5. The predicted molar refractivity (Wildman–Crippen MR) is 370 cm³/mol. The maximum atomic E-state index is 12.4. The summed E-state index contributed by atoms with van der Waals surface area (Å²) in [6.45, 7) is 3.92. The van der Waals surface area contributed by atoms with Gasteiger partial charge in [-0.15, -0.1) is 0 Å². The van der Waals surface area contributed by atoms with Crippen LogP contribution in [-0.2, 0) is 19.1 Å². The van der Waals surface area contributed by atoms with E-state index in [2.05, 4.69) is 184 Å². The maximum absolute atomic E-state index is 12.4. The molecule has 0 aromatic rings. The third-order valence-electron chi connectivity index (χ3n) is 14.5. The monoisotopic (exact) mass is 1160 g/mol. The average Bonchev–Trinajstić information content (AvgIpc) is 3.51. The summed E-state index contributed by atoms with van der Waals surface area (Å²) in [5.41, 5.74) is 0. The minimum Gasteiger partial charge on any atom is -0.462 e. The molecule has 0 rings (SSSR count). The lowest BCUT2D eigenvalue weighted by molar-refractivity contribution is -0.161. The Morgan fingerprint density at radius 2 is 0.476 bits per heavy atom. The molecule has 0 aromatic heterocycles. The first-order valence-electron chi connectivity index (χ1n) is 34.7. The zero-order chi connectivity index (χ0) is 60.5. The van der Waals surface area contributed by atoms with Crippen LogP contribution < -0.4 is 0 Å². The first-order valence-corrected chi connectivity index (χ1v) is 34.7. The normalized spacial score (nSPS) is 13.3. The van der Waals surface area contributed by atoms with E-state index >= 15 is 0 Å². The maximum Gasteiger partial charge on any atom is 0.306 e. The molecule has 0 saturated carbocycles. The van der Waals surface area contributed by atoms with Crippen LogP contribution in [0.1, 0.15) is 296 Å². The Labute approximate surface area is 519 Å². The van der Waals surface area contributed by atoms with E-state index in [-0.39, 0.29) is 25.2 Å². The molecule has 84 heavy (non-hydrogen) atoms. The molecule has 0 aliphatic heterocycles. The first-order chi connectivity index (χ1) is 41.6. The fourth-order valence-electron chi connectivity index (χ4n) is 9.40. The van der Waals surface area contributed by atoms with Gasteiger partial charge in [0.15, 0.2) is 6.10 Å². The van der Waals surface area contributed by atoms with Gasteiger partial charge in [-0.25, -0.2) is 0 Å². The molecule has 0 spiro atoms. The highest BCUT2D eigenvalue weighted by Gasteiger charge is 2.16. The van der Waals surface area contributed by atoms with E-state index in [1.165, 1.54) is 141 Å². The predicted octanol–water partition coefficient (Wildman–Crippen LogP) is 24.4. The molecule has 5 heteroatoms. The number of unbranched alkanes of at least 4 members (excludes halogenated alkanes) is 26. The summed E-state index contributed by atoms with van der Waals surface area (Å²) < 4.78 is 10.8. The van der Waals surface area contributed by atoms with Gasteiger partial charge >= 0.3 is 11.9 Å². The van der Waals surface area contributed by atoms with Crippen molar-refractivity contribution < 1.29 is 24.2 Å². The summed E-state index contributed by atoms with van der Waals surface area (Å²) in [5.74, 6) is -0.597. The zero-order valence-corrected chi connectivity index (χ0v) is 54.4. The summed E-state index contributed by atoms with van der Waals surface area (Å²) in [6.07, 6.45) is 112. The van der Waals surface area contributed by atoms with Gasteiger partial charge in [0.05, 0.1) is 6.61 Å². The number of rotatable bonds is 62. The van der Waals surface area contributed by atoms with Crippen molar-refractivity contribution in [2.45, 2.75) is 302 Å². The topological polar surface area (TPSA) is 72.8 Å². The third kappa shape index (κ3) is 69.8. The molecule has 0 radical (unpaired) electrons. The summed E-state index contributed by atoms with van der Waals surface area (Å²) >= 11 is 0. The number of carbonyl (C=O) groups excluding carboxylic acids is 2. The number of carbonyl (C=O) groups is 2. The molecule has 0 fully saturated rings. The van der Waals surface area contributed by atoms with E-state index < -0.39 is 6.10 Å². The van der Waals surface area contributed by atoms with Crippen LogP contribution in [0.2, 0.25) is 0 Å². The van der Waals surface area contributed by atoms with Crippen LogP contribution in [0.3, 0.4) is 0 Å². The van der Waals surface area contributed by atoms with Gasteiger partial charge in [0, 0.05) is 12.8 Å². The summed E-state index contributed by atoms with van der Waals surface area (Å²) in [5, 5.41) is 9.71. The van der Waals surface area contributed by atoms with Crippen LogP contribution in [0, 0.1) is 0 Å². The van der Waals surface area contributed by atoms with Gasteiger partial charge < -0.3 is 14.6 Å². The standard InChI is InChI=1S/C79H128O5/c1-3-5-7-9-11-13-15-17-19-21-23-25-27-29-31-33-35-37-39-41-43-45-47-49-51-53-55-57-59-61-63-65-67-69-71-73-78(81)83-76-77(75-80)84-79(82)74-72-70-68-66-64-62-60-58-56-54-52-50-48-46-44-42-40-38-36-34-32-30-28-26-24-22-20-18-16-14-12-10-8-6-4-2/h5-8,11-14,17-20,23-26,29-32,35-38,42,44,48,50,77,80H,3-4,9-10,15-16,21-22,27-28,33-34,39-41,43,45-47,49,51-76H2,1-2H3/b7-5-,8-6-,13-11-,14-12-,19-17-,20-18-,25-23-,26-24-,31-29-,32-30-,37-35-,38-36-,44-42-,50-48-. The molecular formula is C79H128O5. The molecular weight excluding hydrogens is 1030 g/mol. The molecule has 0 amide bonds. The summed E-state index contributed by atoms with van der Waals surface area (Å²) in [4.78, 5) is 24.7. The molecule has 0 aliphatic rings. The number of ether oxygens (including phenoxy) is 2. The second-order valence-corrected chi connectivity index (χ2v) is 22.5. The van der Waals surface area contributed by atoms with Crippen LogP contribution in [0.15, 0.2) is 170 Å². The van der Waals surface area contributed by atoms with Crippen LogP contribution in [0.25, 0.3) is 0 Å². The van der Waals surface area contributed by atoms with Gasteiger partial charge in [-0.05, 0) is 128 Å². The summed E-state index contributed by atoms with van der Waals surface area (Å²) in [7, 11) is 0. The van der Waals surface area contributed by atoms with E-state index in [9.17, 15) is 14.7 Å². The van der Waals surface area contributed by atoms with Gasteiger partial charge in [-0.1, -0.05) is 325 Å². The van der Waals surface area contributed by atoms with Crippen molar-refractivity contribution in [1.29, 1.82) is 0 Å². The summed E-state index contributed by atoms with van der Waals surface area (Å²) in [6, 6.07) is 0. The number of allylic oxidation sites excluding steroid dienone is 28. The molecule has 474 valence electrons. The van der Waals surface area contributed by atoms with Crippen molar-refractivity contribution in [1.82, 2.24) is 0 Å². The van der Waals surface area contributed by atoms with Crippen LogP contribution in [0.4, 0.5) is 0 Å². The minimum atomic E-state index is -0.787. The number of hydrogen-bond acceptors (Lipinski definition) is 5. The molecule has 0 aromatic carbocycles. The lowest BCUT2D eigenvalue weighted by Gasteiger charge is -2.15. The van der Waals surface area contributed by atoms with E-state index in [1.807, 2.05) is 0 Å². The highest BCUT2D eigenvalue weighted by Crippen LogP contribution is 2.16. The largest absolute Gasteiger partial charge is 0.462 e. The van der Waals surface area contributed by atoms with Crippen molar-refractivity contribution in [3.63, 3.8) is 0 Å². The van der Waals surface area contributed by atoms with Gasteiger partial charge in [-0.2, -0.15) is 0 Å². The molecule has 0 saturated heterocycles. The van der Waals surface area contributed by atoms with E-state index in [0.29, 0.717) is 12.8 Å². The third-order valence-corrected chi connectivity index (χ3v) is 14.5. The van der Waals surface area contributed by atoms with Gasteiger partial charge in [0.1, 0.15) is 6.61 Å². The molecule has 1 atom stereocenters. The second-order valence-electron chi connectivity index (χ2n) is 22.5. The van der Waals surface area contributed by atoms with Crippen molar-refractivity contribution in [2.75, 3.05) is 13.2 Å². The van der Waals surface area contributed by atoms with Crippen molar-refractivity contribution in [3.8, 4) is 0 Å². The number of hydrogen-bond donors (Lipinski definition) is 1. The quantitative estimate of drug-likeness (QED) is 0.0373. The Morgan fingerprint density at radius 1 is 0.274 bits per heavy atom. The molecule has 0 bridgehead atoms. The van der Waals surface area contributed by atoms with E-state index in [4.69, 9.17) is 9.47 Å². The Kier molecular flexibility index (Phi) is 68.4. The molecule has 1 unspecified atom stereocenters.